The fourth-order valence-electron chi connectivity index (χ4n) is 3.08. The molecule has 1 aromatic rings. The lowest BCUT2D eigenvalue weighted by Gasteiger charge is -2.44. The third-order valence-corrected chi connectivity index (χ3v) is 5.90. The Morgan fingerprint density at radius 3 is 2.31 bits per heavy atom. The van der Waals surface area contributed by atoms with Crippen molar-refractivity contribution in [2.75, 3.05) is 26.4 Å². The van der Waals surface area contributed by atoms with E-state index in [2.05, 4.69) is 0 Å². The summed E-state index contributed by atoms with van der Waals surface area (Å²) in [7, 11) is 0. The molecule has 174 valence electrons. The van der Waals surface area contributed by atoms with Crippen molar-refractivity contribution in [3.05, 3.63) is 36.4 Å². The average Bonchev–Trinajstić information content (AvgIpc) is 3.51. The van der Waals surface area contributed by atoms with Crippen molar-refractivity contribution in [1.29, 1.82) is 0 Å². The van der Waals surface area contributed by atoms with Crippen molar-refractivity contribution in [1.82, 2.24) is 4.90 Å². The Kier molecular flexibility index (Phi) is 6.90. The minimum absolute atomic E-state index is 0.0979. The first-order chi connectivity index (χ1) is 15.0. The number of amides is 2. The molecule has 2 heterocycles. The van der Waals surface area contributed by atoms with Gasteiger partial charge in [0, 0.05) is 18.2 Å². The van der Waals surface area contributed by atoms with Crippen LogP contribution in [0.2, 0.25) is 0 Å². The molecule has 0 bridgehead atoms. The summed E-state index contributed by atoms with van der Waals surface area (Å²) in [6.07, 6.45) is 1.42. The van der Waals surface area contributed by atoms with E-state index in [4.69, 9.17) is 18.9 Å². The highest BCUT2D eigenvalue weighted by Crippen LogP contribution is 2.38. The van der Waals surface area contributed by atoms with E-state index >= 15 is 0 Å². The number of benzene rings is 1. The molecule has 9 heteroatoms. The van der Waals surface area contributed by atoms with Gasteiger partial charge in [-0.2, -0.15) is 0 Å². The Morgan fingerprint density at radius 1 is 1.12 bits per heavy atom. The second kappa shape index (κ2) is 9.30. The number of aliphatic hydroxyl groups excluding tert-OH is 1. The van der Waals surface area contributed by atoms with Crippen molar-refractivity contribution >= 4 is 17.8 Å². The Morgan fingerprint density at radius 2 is 1.72 bits per heavy atom. The highest BCUT2D eigenvalue weighted by molar-refractivity contribution is 6.13. The molecule has 0 saturated carbocycles. The number of carbonyl (C=O) groups excluding carboxylic acids is 3. The molecule has 1 fully saturated rings. The first kappa shape index (κ1) is 23.7. The van der Waals surface area contributed by atoms with Crippen LogP contribution < -0.4 is 9.47 Å². The first-order valence-electron chi connectivity index (χ1n) is 10.4. The van der Waals surface area contributed by atoms with Crippen molar-refractivity contribution in [3.63, 3.8) is 0 Å². The van der Waals surface area contributed by atoms with Gasteiger partial charge in [-0.3, -0.25) is 19.3 Å². The second-order valence-electron chi connectivity index (χ2n) is 8.83. The number of ether oxygens (including phenoxy) is 4. The van der Waals surface area contributed by atoms with Crippen LogP contribution in [0.15, 0.2) is 36.4 Å². The van der Waals surface area contributed by atoms with E-state index in [-0.39, 0.29) is 19.3 Å². The number of nitrogens with zero attached hydrogens (tertiary/aromatic N) is 1. The number of carbonyl (C=O) groups is 3. The standard InChI is InChI=1S/C23H29NO8/c1-22(2,23(3,4)24-19(26)8-9-20(24)27)21(28)32-12-15(25)11-29-16-6-5-7-17(10-16)30-13-18-14-31-18/h5-10,15,18,25H,11-14H2,1-4H3. The summed E-state index contributed by atoms with van der Waals surface area (Å²) in [6.45, 7) is 7.22. The summed E-state index contributed by atoms with van der Waals surface area (Å²) < 4.78 is 21.5. The van der Waals surface area contributed by atoms with Gasteiger partial charge in [0.25, 0.3) is 11.8 Å². The van der Waals surface area contributed by atoms with E-state index in [9.17, 15) is 19.5 Å². The van der Waals surface area contributed by atoms with E-state index in [0.29, 0.717) is 24.7 Å². The first-order valence-corrected chi connectivity index (χ1v) is 10.4. The number of esters is 1. The maximum Gasteiger partial charge on any atom is 0.313 e. The van der Waals surface area contributed by atoms with E-state index in [1.165, 1.54) is 12.2 Å². The maximum absolute atomic E-state index is 12.8. The summed E-state index contributed by atoms with van der Waals surface area (Å²) in [5, 5.41) is 10.2. The van der Waals surface area contributed by atoms with Crippen LogP contribution in [0.5, 0.6) is 11.5 Å². The van der Waals surface area contributed by atoms with Crippen LogP contribution in [0.4, 0.5) is 0 Å². The molecule has 32 heavy (non-hydrogen) atoms. The van der Waals surface area contributed by atoms with Crippen LogP contribution in [0.25, 0.3) is 0 Å². The number of rotatable bonds is 11. The number of aliphatic hydroxyl groups is 1. The monoisotopic (exact) mass is 447 g/mol. The number of hydrogen-bond donors (Lipinski definition) is 1. The SMILES string of the molecule is CC(C)(C(=O)OCC(O)COc1cccc(OCC2CO2)c1)C(C)(C)N1C(=O)C=CC1=O. The maximum atomic E-state index is 12.8. The molecule has 0 radical (unpaired) electrons. The van der Waals surface area contributed by atoms with Gasteiger partial charge >= 0.3 is 5.97 Å². The van der Waals surface area contributed by atoms with Crippen molar-refractivity contribution in [2.45, 2.75) is 45.4 Å². The predicted octanol–water partition coefficient (Wildman–Crippen LogP) is 1.48. The molecule has 2 aliphatic rings. The Hall–Kier alpha value is -2.91. The normalized spacial score (nSPS) is 19.2. The molecule has 1 N–H and O–H groups in total. The largest absolute Gasteiger partial charge is 0.491 e. The average molecular weight is 447 g/mol. The molecule has 2 atom stereocenters. The number of hydrogen-bond acceptors (Lipinski definition) is 8. The Labute approximate surface area is 186 Å². The van der Waals surface area contributed by atoms with Crippen LogP contribution in [0.1, 0.15) is 27.7 Å². The summed E-state index contributed by atoms with van der Waals surface area (Å²) in [6, 6.07) is 6.99. The van der Waals surface area contributed by atoms with Crippen molar-refractivity contribution in [3.8, 4) is 11.5 Å². The van der Waals surface area contributed by atoms with Crippen LogP contribution in [0.3, 0.4) is 0 Å². The fourth-order valence-corrected chi connectivity index (χ4v) is 3.08. The molecule has 1 aromatic carbocycles. The van der Waals surface area contributed by atoms with Gasteiger partial charge in [0.15, 0.2) is 0 Å². The molecular weight excluding hydrogens is 418 g/mol. The van der Waals surface area contributed by atoms with Gasteiger partial charge in [-0.15, -0.1) is 0 Å². The van der Waals surface area contributed by atoms with Crippen LogP contribution >= 0.6 is 0 Å². The number of imide groups is 1. The molecule has 0 aromatic heterocycles. The third-order valence-electron chi connectivity index (χ3n) is 5.90. The lowest BCUT2D eigenvalue weighted by Crippen LogP contribution is -2.59. The molecule has 0 spiro atoms. The van der Waals surface area contributed by atoms with Crippen LogP contribution in [0, 0.1) is 5.41 Å². The summed E-state index contributed by atoms with van der Waals surface area (Å²) >= 11 is 0. The van der Waals surface area contributed by atoms with Gasteiger partial charge in [-0.05, 0) is 39.8 Å². The van der Waals surface area contributed by atoms with E-state index in [0.717, 1.165) is 4.90 Å². The quantitative estimate of drug-likeness (QED) is 0.308. The Balaban J connectivity index is 1.49. The van der Waals surface area contributed by atoms with E-state index < -0.39 is 34.8 Å². The summed E-state index contributed by atoms with van der Waals surface area (Å²) in [5.74, 6) is -0.477. The molecule has 2 unspecified atom stereocenters. The predicted molar refractivity (Wildman–Crippen MR) is 113 cm³/mol. The zero-order valence-corrected chi connectivity index (χ0v) is 18.7. The molecular formula is C23H29NO8. The molecule has 9 nitrogen and oxygen atoms in total. The van der Waals surface area contributed by atoms with E-state index in [1.807, 2.05) is 0 Å². The molecule has 3 rings (SSSR count). The van der Waals surface area contributed by atoms with Gasteiger partial charge in [0.05, 0.1) is 17.6 Å². The summed E-state index contributed by atoms with van der Waals surface area (Å²) in [5.41, 5.74) is -2.36. The minimum Gasteiger partial charge on any atom is -0.491 e. The van der Waals surface area contributed by atoms with Gasteiger partial charge in [0.1, 0.15) is 43.5 Å². The lowest BCUT2D eigenvalue weighted by atomic mass is 9.73. The van der Waals surface area contributed by atoms with Gasteiger partial charge in [-0.25, -0.2) is 0 Å². The Bertz CT molecular complexity index is 885. The molecule has 1 saturated heterocycles. The highest BCUT2D eigenvalue weighted by Gasteiger charge is 2.52. The lowest BCUT2D eigenvalue weighted by molar-refractivity contribution is -0.169. The zero-order valence-electron chi connectivity index (χ0n) is 18.7. The molecule has 2 amide bonds. The topological polar surface area (TPSA) is 115 Å². The van der Waals surface area contributed by atoms with Crippen LogP contribution in [-0.4, -0.2) is 72.0 Å². The van der Waals surface area contributed by atoms with Crippen molar-refractivity contribution in [2.24, 2.45) is 5.41 Å². The van der Waals surface area contributed by atoms with E-state index in [1.54, 1.807) is 52.0 Å². The van der Waals surface area contributed by atoms with Crippen molar-refractivity contribution < 1.29 is 38.4 Å². The molecule has 2 aliphatic heterocycles. The van der Waals surface area contributed by atoms with Gasteiger partial charge in [-0.1, -0.05) is 6.07 Å². The smallest absolute Gasteiger partial charge is 0.313 e. The van der Waals surface area contributed by atoms with Gasteiger partial charge in [0.2, 0.25) is 0 Å². The van der Waals surface area contributed by atoms with Crippen LogP contribution in [-0.2, 0) is 23.9 Å². The summed E-state index contributed by atoms with van der Waals surface area (Å²) in [4.78, 5) is 38.0. The number of epoxide rings is 1. The van der Waals surface area contributed by atoms with Gasteiger partial charge < -0.3 is 24.1 Å². The zero-order chi connectivity index (χ0) is 23.5. The highest BCUT2D eigenvalue weighted by atomic mass is 16.6. The second-order valence-corrected chi connectivity index (χ2v) is 8.83. The molecule has 0 aliphatic carbocycles. The fraction of sp³-hybridized carbons (Fsp3) is 0.522. The third kappa shape index (κ3) is 5.28. The minimum atomic E-state index is -1.22.